The second-order valence-electron chi connectivity index (χ2n) is 11.6. The zero-order chi connectivity index (χ0) is 22.2. The summed E-state index contributed by atoms with van der Waals surface area (Å²) in [6.45, 7) is 10.0. The van der Waals surface area contributed by atoms with E-state index in [2.05, 4.69) is 13.8 Å². The molecule has 0 aromatic carbocycles. The fraction of sp³-hybridized carbons (Fsp3) is 0.615. The minimum atomic E-state index is -0.901. The molecule has 4 aliphatic carbocycles. The molecule has 31 heavy (non-hydrogen) atoms. The van der Waals surface area contributed by atoms with Crippen LogP contribution in [0, 0.1) is 27.6 Å². The number of fused-ring (bicyclic) bond motifs is 3. The Morgan fingerprint density at radius 2 is 1.87 bits per heavy atom. The van der Waals surface area contributed by atoms with E-state index < -0.39 is 21.8 Å². The van der Waals surface area contributed by atoms with Crippen molar-refractivity contribution in [3.63, 3.8) is 0 Å². The number of epoxide rings is 1. The third-order valence-corrected chi connectivity index (χ3v) is 10.2. The highest BCUT2D eigenvalue weighted by atomic mass is 16.6. The highest BCUT2D eigenvalue weighted by Crippen LogP contribution is 2.81. The minimum Gasteiger partial charge on any atom is -0.504 e. The van der Waals surface area contributed by atoms with Crippen molar-refractivity contribution in [2.45, 2.75) is 71.5 Å². The second kappa shape index (κ2) is 5.25. The summed E-state index contributed by atoms with van der Waals surface area (Å²) >= 11 is 0. The summed E-state index contributed by atoms with van der Waals surface area (Å²) in [6, 6.07) is 2.03. The predicted molar refractivity (Wildman–Crippen MR) is 113 cm³/mol. The number of rotatable bonds is 1. The Balaban J connectivity index is 1.57. The molecule has 2 saturated carbocycles. The molecule has 5 heteroatoms. The Kier molecular flexibility index (Phi) is 3.31. The normalized spacial score (nSPS) is 49.4. The van der Waals surface area contributed by atoms with Crippen molar-refractivity contribution in [3.05, 3.63) is 47.6 Å². The average Bonchev–Trinajstić information content (AvgIpc) is 3.07. The van der Waals surface area contributed by atoms with Crippen molar-refractivity contribution < 1.29 is 23.8 Å². The van der Waals surface area contributed by atoms with Gasteiger partial charge in [0, 0.05) is 10.8 Å². The van der Waals surface area contributed by atoms with Crippen molar-refractivity contribution in [1.82, 2.24) is 0 Å². The predicted octanol–water partition coefficient (Wildman–Crippen LogP) is 4.89. The Morgan fingerprint density at radius 1 is 1.13 bits per heavy atom. The van der Waals surface area contributed by atoms with Crippen LogP contribution in [0.2, 0.25) is 0 Å². The van der Waals surface area contributed by atoms with Gasteiger partial charge in [0.15, 0.2) is 11.5 Å². The van der Waals surface area contributed by atoms with Crippen LogP contribution in [0.5, 0.6) is 0 Å². The fourth-order valence-electron chi connectivity index (χ4n) is 8.78. The van der Waals surface area contributed by atoms with E-state index in [-0.39, 0.29) is 40.7 Å². The van der Waals surface area contributed by atoms with E-state index in [0.29, 0.717) is 5.57 Å². The fourth-order valence-corrected chi connectivity index (χ4v) is 8.78. The summed E-state index contributed by atoms with van der Waals surface area (Å²) in [5.41, 5.74) is -1.40. The van der Waals surface area contributed by atoms with E-state index in [1.165, 1.54) is 5.56 Å². The summed E-state index contributed by atoms with van der Waals surface area (Å²) in [7, 11) is 0. The molecule has 1 aromatic heterocycles. The number of allylic oxidation sites excluding steroid dienone is 4. The number of aliphatic hydroxyl groups is 1. The molecule has 1 saturated heterocycles. The lowest BCUT2D eigenvalue weighted by Gasteiger charge is -2.62. The maximum absolute atomic E-state index is 14.0. The number of Topliss-reactive ketones (excluding diaryl/α,β-unsaturated/α-hetero) is 1. The van der Waals surface area contributed by atoms with Gasteiger partial charge in [-0.15, -0.1) is 0 Å². The number of carbonyl (C=O) groups excluding carboxylic acids is 2. The van der Waals surface area contributed by atoms with Gasteiger partial charge < -0.3 is 14.3 Å². The van der Waals surface area contributed by atoms with Gasteiger partial charge in [-0.25, -0.2) is 0 Å². The number of furan rings is 1. The van der Waals surface area contributed by atoms with Crippen molar-refractivity contribution in [2.75, 3.05) is 0 Å². The first-order valence-electron chi connectivity index (χ1n) is 11.4. The lowest BCUT2D eigenvalue weighted by atomic mass is 9.39. The van der Waals surface area contributed by atoms with E-state index in [1.54, 1.807) is 12.3 Å². The van der Waals surface area contributed by atoms with E-state index in [0.717, 1.165) is 19.3 Å². The first-order valence-corrected chi connectivity index (χ1v) is 11.4. The lowest BCUT2D eigenvalue weighted by Crippen LogP contribution is -2.66. The zero-order valence-electron chi connectivity index (χ0n) is 18.8. The maximum Gasteiger partial charge on any atom is 0.206 e. The van der Waals surface area contributed by atoms with Gasteiger partial charge in [-0.1, -0.05) is 19.9 Å². The van der Waals surface area contributed by atoms with Gasteiger partial charge in [0.25, 0.3) is 0 Å². The van der Waals surface area contributed by atoms with Crippen LogP contribution in [0.1, 0.15) is 65.4 Å². The van der Waals surface area contributed by atoms with Crippen molar-refractivity contribution in [3.8, 4) is 0 Å². The maximum atomic E-state index is 14.0. The SMILES string of the molecule is CC1(C)C(=O)C=C[C@@]2(C)C1=C(O)C(=O)[C@]1(C)[C@@H]2CC[C@@]2(C)[C@H](c3ccoc3)C[C@H]3O[C@]321. The van der Waals surface area contributed by atoms with E-state index >= 15 is 0 Å². The number of carbonyl (C=O) groups is 2. The molecular weight excluding hydrogens is 392 g/mol. The number of aliphatic hydroxyl groups excluding tert-OH is 1. The highest BCUT2D eigenvalue weighted by Gasteiger charge is 2.87. The summed E-state index contributed by atoms with van der Waals surface area (Å²) in [6.07, 6.45) is 9.76. The molecule has 0 amide bonds. The molecule has 2 heterocycles. The van der Waals surface area contributed by atoms with Crippen molar-refractivity contribution >= 4 is 11.6 Å². The van der Waals surface area contributed by atoms with Crippen LogP contribution in [0.3, 0.4) is 0 Å². The van der Waals surface area contributed by atoms with Crippen LogP contribution >= 0.6 is 0 Å². The van der Waals surface area contributed by atoms with Crippen molar-refractivity contribution in [1.29, 1.82) is 0 Å². The Morgan fingerprint density at radius 3 is 2.55 bits per heavy atom. The molecule has 1 N–H and O–H groups in total. The summed E-state index contributed by atoms with van der Waals surface area (Å²) in [5.74, 6) is -0.312. The molecule has 0 bridgehead atoms. The van der Waals surface area contributed by atoms with E-state index in [9.17, 15) is 14.7 Å². The topological polar surface area (TPSA) is 80.0 Å². The third kappa shape index (κ3) is 1.80. The lowest BCUT2D eigenvalue weighted by molar-refractivity contribution is -0.162. The Bertz CT molecular complexity index is 1090. The molecule has 1 spiro atoms. The first kappa shape index (κ1) is 19.5. The third-order valence-electron chi connectivity index (χ3n) is 10.2. The van der Waals surface area contributed by atoms with Crippen LogP contribution in [0.25, 0.3) is 0 Å². The highest BCUT2D eigenvalue weighted by molar-refractivity contribution is 6.06. The zero-order valence-corrected chi connectivity index (χ0v) is 18.8. The molecule has 7 atom stereocenters. The number of ketones is 2. The first-order chi connectivity index (χ1) is 14.5. The molecule has 1 aliphatic heterocycles. The van der Waals surface area contributed by atoms with Crippen LogP contribution in [-0.2, 0) is 14.3 Å². The molecule has 164 valence electrons. The summed E-state index contributed by atoms with van der Waals surface area (Å²) in [4.78, 5) is 26.7. The molecule has 5 aliphatic rings. The molecule has 3 fully saturated rings. The Labute approximate surface area is 182 Å². The number of ether oxygens (including phenoxy) is 1. The minimum absolute atomic E-state index is 0.00527. The average molecular weight is 423 g/mol. The number of hydrogen-bond acceptors (Lipinski definition) is 5. The van der Waals surface area contributed by atoms with Crippen molar-refractivity contribution in [2.24, 2.45) is 27.6 Å². The quantitative estimate of drug-likeness (QED) is 0.652. The van der Waals surface area contributed by atoms with Gasteiger partial charge >= 0.3 is 0 Å². The van der Waals surface area contributed by atoms with Crippen LogP contribution in [0.15, 0.2) is 46.5 Å². The standard InChI is InChI=1S/C26H30O5/c1-22(2)17(27)7-9-23(3)16-6-10-24(4)15(14-8-11-30-13-14)12-18-26(24,31-18)25(16,5)21(29)19(28)20(22)23/h7-9,11,13,15-16,18,28H,6,10,12H2,1-5H3/t15-,16+,18+,23+,24-,25-,26+/m0/s1. The second-order valence-corrected chi connectivity index (χ2v) is 11.6. The largest absolute Gasteiger partial charge is 0.504 e. The van der Waals surface area contributed by atoms with Gasteiger partial charge in [-0.2, -0.15) is 0 Å². The van der Waals surface area contributed by atoms with Gasteiger partial charge in [0.1, 0.15) is 5.60 Å². The number of hydrogen-bond donors (Lipinski definition) is 1. The van der Waals surface area contributed by atoms with Gasteiger partial charge in [0.05, 0.1) is 29.5 Å². The Hall–Kier alpha value is -2.14. The molecule has 0 unspecified atom stereocenters. The molecule has 6 rings (SSSR count). The van der Waals surface area contributed by atoms with Crippen LogP contribution < -0.4 is 0 Å². The molecule has 0 radical (unpaired) electrons. The smallest absolute Gasteiger partial charge is 0.206 e. The summed E-state index contributed by atoms with van der Waals surface area (Å²) < 4.78 is 11.9. The van der Waals surface area contributed by atoms with Gasteiger partial charge in [-0.3, -0.25) is 9.59 Å². The van der Waals surface area contributed by atoms with Gasteiger partial charge in [-0.05, 0) is 75.1 Å². The van der Waals surface area contributed by atoms with Crippen LogP contribution in [0.4, 0.5) is 0 Å². The monoisotopic (exact) mass is 422 g/mol. The van der Waals surface area contributed by atoms with E-state index in [1.807, 2.05) is 39.2 Å². The molecule has 1 aromatic rings. The van der Waals surface area contributed by atoms with Gasteiger partial charge in [0.2, 0.25) is 5.78 Å². The summed E-state index contributed by atoms with van der Waals surface area (Å²) in [5, 5.41) is 11.4. The van der Waals surface area contributed by atoms with Crippen LogP contribution in [-0.4, -0.2) is 28.4 Å². The molecular formula is C26H30O5. The molecule has 5 nitrogen and oxygen atoms in total. The van der Waals surface area contributed by atoms with E-state index in [4.69, 9.17) is 9.15 Å².